The number of aryl methyl sites for hydroxylation is 2. The zero-order valence-electron chi connectivity index (χ0n) is 16.9. The van der Waals surface area contributed by atoms with Crippen molar-refractivity contribution in [1.29, 1.82) is 0 Å². The summed E-state index contributed by atoms with van der Waals surface area (Å²) in [6.07, 6.45) is 1.11. The van der Waals surface area contributed by atoms with E-state index in [1.165, 1.54) is 0 Å². The summed E-state index contributed by atoms with van der Waals surface area (Å²) in [5.41, 5.74) is 4.21. The minimum atomic E-state index is -0.266. The molecular weight excluding hydrogens is 521 g/mol. The molecule has 0 saturated heterocycles. The molecule has 158 valence electrons. The summed E-state index contributed by atoms with van der Waals surface area (Å²) in [7, 11) is 0. The third kappa shape index (κ3) is 7.15. The van der Waals surface area contributed by atoms with Gasteiger partial charge in [0.15, 0.2) is 5.11 Å². The molecule has 0 radical (unpaired) electrons. The molecule has 0 heterocycles. The highest BCUT2D eigenvalue weighted by Gasteiger charge is 2.10. The predicted octanol–water partition coefficient (Wildman–Crippen LogP) is 5.30. The van der Waals surface area contributed by atoms with Crippen molar-refractivity contribution in [1.82, 2.24) is 5.32 Å². The van der Waals surface area contributed by atoms with Gasteiger partial charge in [0.2, 0.25) is 5.91 Å². The number of halogens is 1. The molecule has 0 spiro atoms. The van der Waals surface area contributed by atoms with E-state index in [9.17, 15) is 9.59 Å². The molecule has 0 saturated carbocycles. The average molecular weight is 543 g/mol. The Hall–Kier alpha value is -2.78. The van der Waals surface area contributed by atoms with Gasteiger partial charge in [-0.3, -0.25) is 14.9 Å². The monoisotopic (exact) mass is 543 g/mol. The molecule has 0 aliphatic carbocycles. The molecule has 0 aliphatic rings. The van der Waals surface area contributed by atoms with Gasteiger partial charge in [0.25, 0.3) is 5.91 Å². The summed E-state index contributed by atoms with van der Waals surface area (Å²) in [4.78, 5) is 24.5. The molecule has 3 N–H and O–H groups in total. The van der Waals surface area contributed by atoms with Crippen molar-refractivity contribution in [2.24, 2.45) is 0 Å². The Kier molecular flexibility index (Phi) is 8.13. The second-order valence-electron chi connectivity index (χ2n) is 6.98. The van der Waals surface area contributed by atoms with E-state index in [4.69, 9.17) is 12.2 Å². The number of rotatable bonds is 6. The summed E-state index contributed by atoms with van der Waals surface area (Å²) >= 11 is 7.44. The molecule has 5 nitrogen and oxygen atoms in total. The van der Waals surface area contributed by atoms with Crippen LogP contribution in [0.4, 0.5) is 11.4 Å². The SMILES string of the molecule is Cc1ccc(C(=O)NC(=S)Nc2ccc(NC(=O)CCc3ccccc3)cc2)cc1I. The Bertz CT molecular complexity index is 1090. The number of benzene rings is 3. The summed E-state index contributed by atoms with van der Waals surface area (Å²) < 4.78 is 1.02. The molecule has 0 fully saturated rings. The maximum Gasteiger partial charge on any atom is 0.257 e. The Balaban J connectivity index is 1.48. The third-order valence-electron chi connectivity index (χ3n) is 4.57. The second-order valence-corrected chi connectivity index (χ2v) is 8.55. The van der Waals surface area contributed by atoms with Crippen molar-refractivity contribution in [2.75, 3.05) is 10.6 Å². The molecule has 31 heavy (non-hydrogen) atoms. The van der Waals surface area contributed by atoms with Gasteiger partial charge in [-0.1, -0.05) is 36.4 Å². The molecule has 0 bridgehead atoms. The van der Waals surface area contributed by atoms with Crippen LogP contribution in [0.15, 0.2) is 72.8 Å². The Morgan fingerprint density at radius 2 is 1.55 bits per heavy atom. The fourth-order valence-corrected chi connectivity index (χ4v) is 3.56. The molecule has 0 unspecified atom stereocenters. The molecule has 0 aliphatic heterocycles. The lowest BCUT2D eigenvalue weighted by molar-refractivity contribution is -0.116. The van der Waals surface area contributed by atoms with Crippen molar-refractivity contribution in [2.45, 2.75) is 19.8 Å². The van der Waals surface area contributed by atoms with Crippen LogP contribution in [0.5, 0.6) is 0 Å². The van der Waals surface area contributed by atoms with Crippen molar-refractivity contribution < 1.29 is 9.59 Å². The summed E-state index contributed by atoms with van der Waals surface area (Å²) in [6.45, 7) is 1.99. The minimum absolute atomic E-state index is 0.0416. The first kappa shape index (κ1) is 22.9. The lowest BCUT2D eigenvalue weighted by Gasteiger charge is -2.11. The van der Waals surface area contributed by atoms with Crippen LogP contribution in [-0.4, -0.2) is 16.9 Å². The van der Waals surface area contributed by atoms with Crippen molar-refractivity contribution in [3.8, 4) is 0 Å². The number of carbonyl (C=O) groups excluding carboxylic acids is 2. The molecule has 3 aromatic rings. The molecule has 0 aromatic heterocycles. The van der Waals surface area contributed by atoms with E-state index in [2.05, 4.69) is 38.5 Å². The van der Waals surface area contributed by atoms with Crippen molar-refractivity contribution in [3.05, 3.63) is 93.1 Å². The maximum absolute atomic E-state index is 12.4. The zero-order chi connectivity index (χ0) is 22.2. The first-order valence-corrected chi connectivity index (χ1v) is 11.2. The Labute approximate surface area is 200 Å². The van der Waals surface area contributed by atoms with Crippen LogP contribution in [-0.2, 0) is 11.2 Å². The zero-order valence-corrected chi connectivity index (χ0v) is 19.9. The fourth-order valence-electron chi connectivity index (χ4n) is 2.83. The van der Waals surface area contributed by atoms with Crippen LogP contribution in [0.3, 0.4) is 0 Å². The normalized spacial score (nSPS) is 10.3. The first-order valence-electron chi connectivity index (χ1n) is 9.73. The van der Waals surface area contributed by atoms with Gasteiger partial charge in [0.1, 0.15) is 0 Å². The smallest absolute Gasteiger partial charge is 0.257 e. The fraction of sp³-hybridized carbons (Fsp3) is 0.125. The molecular formula is C24H22IN3O2S. The number of thiocarbonyl (C=S) groups is 1. The molecule has 2 amide bonds. The van der Waals surface area contributed by atoms with Crippen LogP contribution in [0.25, 0.3) is 0 Å². The maximum atomic E-state index is 12.4. The van der Waals surface area contributed by atoms with Gasteiger partial charge in [-0.05, 0) is 95.7 Å². The average Bonchev–Trinajstić information content (AvgIpc) is 2.76. The number of carbonyl (C=O) groups is 2. The predicted molar refractivity (Wildman–Crippen MR) is 137 cm³/mol. The van der Waals surface area contributed by atoms with Crippen molar-refractivity contribution in [3.63, 3.8) is 0 Å². The van der Waals surface area contributed by atoms with E-state index in [0.29, 0.717) is 29.8 Å². The molecule has 0 atom stereocenters. The lowest BCUT2D eigenvalue weighted by atomic mass is 10.1. The number of hydrogen-bond acceptors (Lipinski definition) is 3. The largest absolute Gasteiger partial charge is 0.332 e. The highest BCUT2D eigenvalue weighted by Crippen LogP contribution is 2.15. The number of hydrogen-bond donors (Lipinski definition) is 3. The van der Waals surface area contributed by atoms with Gasteiger partial charge in [0, 0.05) is 26.9 Å². The van der Waals surface area contributed by atoms with Crippen LogP contribution < -0.4 is 16.0 Å². The molecule has 7 heteroatoms. The summed E-state index contributed by atoms with van der Waals surface area (Å²) in [6, 6.07) is 22.6. The van der Waals surface area contributed by atoms with Gasteiger partial charge in [0.05, 0.1) is 0 Å². The van der Waals surface area contributed by atoms with E-state index in [1.807, 2.05) is 49.4 Å². The molecule has 3 aromatic carbocycles. The van der Waals surface area contributed by atoms with Gasteiger partial charge in [-0.2, -0.15) is 0 Å². The van der Waals surface area contributed by atoms with Crippen LogP contribution >= 0.6 is 34.8 Å². The van der Waals surface area contributed by atoms with E-state index in [0.717, 1.165) is 14.7 Å². The van der Waals surface area contributed by atoms with Gasteiger partial charge in [-0.25, -0.2) is 0 Å². The number of anilines is 2. The van der Waals surface area contributed by atoms with E-state index in [-0.39, 0.29) is 16.9 Å². The quantitative estimate of drug-likeness (QED) is 0.292. The lowest BCUT2D eigenvalue weighted by Crippen LogP contribution is -2.34. The minimum Gasteiger partial charge on any atom is -0.332 e. The second kappa shape index (κ2) is 11.0. The topological polar surface area (TPSA) is 70.2 Å². The van der Waals surface area contributed by atoms with Gasteiger partial charge < -0.3 is 10.6 Å². The summed E-state index contributed by atoms with van der Waals surface area (Å²) in [5.74, 6) is -0.308. The van der Waals surface area contributed by atoms with Gasteiger partial charge in [-0.15, -0.1) is 0 Å². The number of nitrogens with one attached hydrogen (secondary N) is 3. The standard InChI is InChI=1S/C24H22IN3O2S/c1-16-7-9-18(15-21(16)25)23(30)28-24(31)27-20-12-10-19(11-13-20)26-22(29)14-8-17-5-3-2-4-6-17/h2-7,9-13,15H,8,14H2,1H3,(H,26,29)(H2,27,28,30,31). The van der Waals surface area contributed by atoms with E-state index < -0.39 is 0 Å². The van der Waals surface area contributed by atoms with Crippen LogP contribution in [0, 0.1) is 10.5 Å². The Morgan fingerprint density at radius 1 is 0.903 bits per heavy atom. The first-order chi connectivity index (χ1) is 14.9. The van der Waals surface area contributed by atoms with Crippen LogP contribution in [0.1, 0.15) is 27.9 Å². The van der Waals surface area contributed by atoms with Gasteiger partial charge >= 0.3 is 0 Å². The third-order valence-corrected chi connectivity index (χ3v) is 5.94. The molecule has 3 rings (SSSR count). The number of amides is 2. The highest BCUT2D eigenvalue weighted by molar-refractivity contribution is 14.1. The highest BCUT2D eigenvalue weighted by atomic mass is 127. The van der Waals surface area contributed by atoms with Crippen LogP contribution in [0.2, 0.25) is 0 Å². The van der Waals surface area contributed by atoms with E-state index >= 15 is 0 Å². The van der Waals surface area contributed by atoms with Crippen molar-refractivity contribution >= 4 is 63.1 Å². The Morgan fingerprint density at radius 3 is 2.19 bits per heavy atom. The summed E-state index contributed by atoms with van der Waals surface area (Å²) in [5, 5.41) is 8.75. The van der Waals surface area contributed by atoms with E-state index in [1.54, 1.807) is 30.3 Å².